The highest BCUT2D eigenvalue weighted by atomic mass is 19.4. The lowest BCUT2D eigenvalue weighted by atomic mass is 9.73. The molecule has 3 heterocycles. The average molecular weight is 722 g/mol. The number of aliphatic carboxylic acids is 2. The molecular formula is C35H37F6N5O5. The van der Waals surface area contributed by atoms with Crippen LogP contribution in [0.25, 0.3) is 16.6 Å². The van der Waals surface area contributed by atoms with Crippen LogP contribution < -0.4 is 25.7 Å². The number of rotatable bonds is 6. The van der Waals surface area contributed by atoms with Gasteiger partial charge < -0.3 is 35.3 Å². The van der Waals surface area contributed by atoms with Gasteiger partial charge in [0.25, 0.3) is 5.91 Å². The number of halogens is 6. The van der Waals surface area contributed by atoms with Crippen LogP contribution >= 0.6 is 0 Å². The first-order chi connectivity index (χ1) is 24.0. The van der Waals surface area contributed by atoms with Crippen LogP contribution in [0.4, 0.5) is 26.3 Å². The number of carboxylic acid groups (broad SMARTS) is 2. The van der Waals surface area contributed by atoms with Crippen molar-refractivity contribution in [2.45, 2.75) is 51.1 Å². The first-order valence-electron chi connectivity index (χ1n) is 16.1. The molecule has 10 nitrogen and oxygen atoms in total. The van der Waals surface area contributed by atoms with E-state index in [1.54, 1.807) is 15.9 Å². The summed E-state index contributed by atoms with van der Waals surface area (Å²) in [5.74, 6) is -6.46. The highest BCUT2D eigenvalue weighted by molar-refractivity contribution is 6.04. The Kier molecular flexibility index (Phi) is 12.5. The van der Waals surface area contributed by atoms with E-state index in [1.165, 1.54) is 63.0 Å². The number of primary amides is 1. The van der Waals surface area contributed by atoms with Gasteiger partial charge in [0.1, 0.15) is 30.5 Å². The number of fused-ring (bicyclic) bond motifs is 1. The first-order valence-corrected chi connectivity index (χ1v) is 16.1. The van der Waals surface area contributed by atoms with Gasteiger partial charge in [-0.1, -0.05) is 54.6 Å². The minimum atomic E-state index is -5.19. The largest absolute Gasteiger partial charge is 0.542 e. The van der Waals surface area contributed by atoms with Crippen LogP contribution in [0.15, 0.2) is 79.0 Å². The Hall–Kier alpha value is -4.96. The van der Waals surface area contributed by atoms with Crippen molar-refractivity contribution in [3.63, 3.8) is 0 Å². The van der Waals surface area contributed by atoms with Crippen molar-refractivity contribution in [2.75, 3.05) is 26.2 Å². The maximum Gasteiger partial charge on any atom is 0.430 e. The summed E-state index contributed by atoms with van der Waals surface area (Å²) in [7, 11) is 0. The lowest BCUT2D eigenvalue weighted by Gasteiger charge is -2.44. The van der Waals surface area contributed by atoms with Crippen molar-refractivity contribution in [2.24, 2.45) is 11.1 Å². The van der Waals surface area contributed by atoms with Gasteiger partial charge >= 0.3 is 12.4 Å². The molecule has 16 heteroatoms. The second-order valence-electron chi connectivity index (χ2n) is 12.8. The summed E-state index contributed by atoms with van der Waals surface area (Å²) in [5.41, 5.74) is 11.0. The molecule has 6 rings (SSSR count). The van der Waals surface area contributed by atoms with E-state index >= 15 is 0 Å². The maximum absolute atomic E-state index is 11.8. The Morgan fingerprint density at radius 2 is 1.24 bits per heavy atom. The highest BCUT2D eigenvalue weighted by Crippen LogP contribution is 2.30. The molecule has 4 aromatic rings. The fraction of sp³-hybridized carbons (Fsp3) is 0.371. The second kappa shape index (κ2) is 16.4. The summed E-state index contributed by atoms with van der Waals surface area (Å²) in [4.78, 5) is 32.8. The van der Waals surface area contributed by atoms with Crippen molar-refractivity contribution in [1.29, 1.82) is 0 Å². The van der Waals surface area contributed by atoms with Gasteiger partial charge in [0.15, 0.2) is 0 Å². The zero-order valence-electron chi connectivity index (χ0n) is 27.4. The van der Waals surface area contributed by atoms with Gasteiger partial charge in [-0.25, -0.2) is 4.68 Å². The second-order valence-corrected chi connectivity index (χ2v) is 12.8. The van der Waals surface area contributed by atoms with Crippen molar-refractivity contribution >= 4 is 28.7 Å². The third kappa shape index (κ3) is 11.0. The number of quaternary nitrogens is 2. The molecule has 0 aliphatic carbocycles. The SMILES string of the molecule is NC(=O)c1cccc2cn(-c3ccc(C[NH+]4CCCC5(CCC[NH+](Cc6ccccc6)C5)C4)cc3)nc12.O=C([O-])C(F)(F)F.O=C([O-])C(F)(F)F. The van der Waals surface area contributed by atoms with Crippen LogP contribution in [-0.2, 0) is 22.7 Å². The maximum atomic E-state index is 11.8. The van der Waals surface area contributed by atoms with E-state index in [0.29, 0.717) is 16.5 Å². The molecule has 2 aliphatic rings. The number of amides is 1. The van der Waals surface area contributed by atoms with Crippen LogP contribution in [0.2, 0.25) is 0 Å². The van der Waals surface area contributed by atoms with Gasteiger partial charge in [0.05, 0.1) is 42.8 Å². The third-order valence-electron chi connectivity index (χ3n) is 8.94. The summed E-state index contributed by atoms with van der Waals surface area (Å²) in [6.07, 6.45) is -2.99. The minimum absolute atomic E-state index is 0.448. The van der Waals surface area contributed by atoms with Crippen LogP contribution in [0, 0.1) is 5.41 Å². The molecule has 1 amide bonds. The molecule has 0 saturated carbocycles. The molecule has 4 N–H and O–H groups in total. The van der Waals surface area contributed by atoms with Crippen LogP contribution in [0.5, 0.6) is 0 Å². The van der Waals surface area contributed by atoms with E-state index in [9.17, 15) is 31.1 Å². The zero-order chi connectivity index (χ0) is 37.4. The number of carbonyl (C=O) groups is 3. The molecule has 0 radical (unpaired) electrons. The molecule has 3 unspecified atom stereocenters. The highest BCUT2D eigenvalue weighted by Gasteiger charge is 2.44. The van der Waals surface area contributed by atoms with Crippen molar-refractivity contribution in [1.82, 2.24) is 9.78 Å². The van der Waals surface area contributed by atoms with Gasteiger partial charge in [0, 0.05) is 22.7 Å². The number of piperidine rings is 2. The number of carbonyl (C=O) groups excluding carboxylic acids is 3. The van der Waals surface area contributed by atoms with E-state index in [0.717, 1.165) is 24.2 Å². The predicted octanol–water partition coefficient (Wildman–Crippen LogP) is 0.766. The van der Waals surface area contributed by atoms with Gasteiger partial charge in [0.2, 0.25) is 0 Å². The number of alkyl halides is 6. The Bertz CT molecular complexity index is 1770. The molecular weight excluding hydrogens is 684 g/mol. The van der Waals surface area contributed by atoms with Crippen LogP contribution in [0.3, 0.4) is 0 Å². The van der Waals surface area contributed by atoms with E-state index in [-0.39, 0.29) is 0 Å². The number of nitrogens with zero attached hydrogens (tertiary/aromatic N) is 2. The Morgan fingerprint density at radius 1 is 0.745 bits per heavy atom. The average Bonchev–Trinajstić information content (AvgIpc) is 3.50. The predicted molar refractivity (Wildman–Crippen MR) is 168 cm³/mol. The molecule has 0 bridgehead atoms. The number of likely N-dealkylation sites (tertiary alicyclic amines) is 2. The summed E-state index contributed by atoms with van der Waals surface area (Å²) in [6, 6.07) is 25.3. The standard InChI is InChI=1S/C31H35N5O.2C2HF3O2/c32-30(37)28-10-4-9-26-21-36(33-29(26)28)27-13-11-25(12-14-27)20-35-18-6-16-31(23-35)15-5-17-34(22-31)19-24-7-2-1-3-8-24;2*3-2(4,5)1(6)7/h1-4,7-14,21H,5-6,15-20,22-23H2,(H2,32,37);2*(H,6,7). The summed E-state index contributed by atoms with van der Waals surface area (Å²) >= 11 is 0. The fourth-order valence-corrected chi connectivity index (χ4v) is 6.82. The molecule has 1 aromatic heterocycles. The van der Waals surface area contributed by atoms with E-state index in [2.05, 4.69) is 59.7 Å². The number of aromatic nitrogens is 2. The van der Waals surface area contributed by atoms with E-state index < -0.39 is 30.2 Å². The Labute approximate surface area is 289 Å². The van der Waals surface area contributed by atoms with Crippen LogP contribution in [0.1, 0.15) is 47.2 Å². The smallest absolute Gasteiger partial charge is 0.430 e. The molecule has 274 valence electrons. The summed E-state index contributed by atoms with van der Waals surface area (Å²) < 4.78 is 64.9. The number of hydrogen-bond donors (Lipinski definition) is 3. The topological polar surface area (TPSA) is 150 Å². The number of nitrogens with one attached hydrogen (secondary N) is 2. The van der Waals surface area contributed by atoms with Gasteiger partial charge in [-0.3, -0.25) is 4.79 Å². The third-order valence-corrected chi connectivity index (χ3v) is 8.94. The zero-order valence-corrected chi connectivity index (χ0v) is 27.4. The summed E-state index contributed by atoms with van der Waals surface area (Å²) in [6.45, 7) is 7.39. The fourth-order valence-electron chi connectivity index (χ4n) is 6.82. The molecule has 51 heavy (non-hydrogen) atoms. The molecule has 2 fully saturated rings. The van der Waals surface area contributed by atoms with E-state index in [1.807, 2.05) is 23.0 Å². The quantitative estimate of drug-likeness (QED) is 0.251. The number of nitrogens with two attached hydrogens (primary N) is 1. The molecule has 2 saturated heterocycles. The molecule has 1 spiro atoms. The normalized spacial score (nSPS) is 20.4. The Morgan fingerprint density at radius 3 is 1.71 bits per heavy atom. The minimum Gasteiger partial charge on any atom is -0.542 e. The first kappa shape index (κ1) is 38.8. The molecule has 2 aliphatic heterocycles. The number of benzene rings is 3. The van der Waals surface area contributed by atoms with E-state index in [4.69, 9.17) is 25.5 Å². The van der Waals surface area contributed by atoms with Gasteiger partial charge in [-0.15, -0.1) is 0 Å². The lowest BCUT2D eigenvalue weighted by molar-refractivity contribution is -0.955. The van der Waals surface area contributed by atoms with Crippen molar-refractivity contribution in [3.05, 3.63) is 95.7 Å². The Balaban J connectivity index is 0.000000353. The van der Waals surface area contributed by atoms with Gasteiger partial charge in [-0.2, -0.15) is 31.4 Å². The monoisotopic (exact) mass is 721 g/mol. The van der Waals surface area contributed by atoms with Crippen molar-refractivity contribution in [3.8, 4) is 5.69 Å². The van der Waals surface area contributed by atoms with Gasteiger partial charge in [-0.05, 0) is 43.9 Å². The van der Waals surface area contributed by atoms with Crippen LogP contribution in [-0.4, -0.2) is 66.2 Å². The summed E-state index contributed by atoms with van der Waals surface area (Å²) in [5, 5.41) is 23.1. The number of carboxylic acids is 2. The molecule has 3 aromatic carbocycles. The lowest BCUT2D eigenvalue weighted by Crippen LogP contribution is -3.18. The molecule has 3 atom stereocenters. The number of hydrogen-bond acceptors (Lipinski definition) is 6. The van der Waals surface area contributed by atoms with Crippen molar-refractivity contribution < 1.29 is 60.7 Å².